The summed E-state index contributed by atoms with van der Waals surface area (Å²) in [6.45, 7) is 0.374. The first-order chi connectivity index (χ1) is 9.79. The Balaban J connectivity index is 1.86. The summed E-state index contributed by atoms with van der Waals surface area (Å²) in [5, 5.41) is 16.5. The lowest BCUT2D eigenvalue weighted by atomic mass is 9.89. The Morgan fingerprint density at radius 1 is 1.40 bits per heavy atom. The predicted molar refractivity (Wildman–Crippen MR) is 73.0 cm³/mol. The molecule has 0 amide bonds. The summed E-state index contributed by atoms with van der Waals surface area (Å²) in [5.41, 5.74) is 2.82. The van der Waals surface area contributed by atoms with Gasteiger partial charge >= 0.3 is 0 Å². The molecule has 1 aliphatic rings. The molecule has 0 radical (unpaired) electrons. The molecule has 20 heavy (non-hydrogen) atoms. The molecule has 1 N–H and O–H groups in total. The van der Waals surface area contributed by atoms with Gasteiger partial charge in [0, 0.05) is 18.2 Å². The molecular weight excluding hydrogens is 256 g/mol. The number of hydrogen-bond donors (Lipinski definition) is 1. The van der Waals surface area contributed by atoms with Crippen LogP contribution in [0.2, 0.25) is 0 Å². The number of ether oxygens (including phenoxy) is 1. The monoisotopic (exact) mass is 272 g/mol. The van der Waals surface area contributed by atoms with E-state index in [0.717, 1.165) is 47.7 Å². The Kier molecular flexibility index (Phi) is 3.37. The van der Waals surface area contributed by atoms with Crippen molar-refractivity contribution < 1.29 is 9.94 Å². The van der Waals surface area contributed by atoms with Gasteiger partial charge in [-0.3, -0.25) is 4.68 Å². The van der Waals surface area contributed by atoms with Crippen molar-refractivity contribution >= 4 is 5.71 Å². The van der Waals surface area contributed by atoms with Crippen molar-refractivity contribution in [3.63, 3.8) is 0 Å². The average Bonchev–Trinajstić information content (AvgIpc) is 2.89. The number of nitrogens with zero attached hydrogens (tertiary/aromatic N) is 4. The number of aryl methyl sites for hydroxylation is 1. The Labute approximate surface area is 116 Å². The quantitative estimate of drug-likeness (QED) is 0.684. The Morgan fingerprint density at radius 2 is 2.30 bits per heavy atom. The summed E-state index contributed by atoms with van der Waals surface area (Å²) in [4.78, 5) is 4.14. The van der Waals surface area contributed by atoms with Crippen LogP contribution in [0.3, 0.4) is 0 Å². The molecule has 1 aliphatic carbocycles. The first-order valence-corrected chi connectivity index (χ1v) is 6.58. The lowest BCUT2D eigenvalue weighted by molar-refractivity contribution is 0.286. The zero-order chi connectivity index (χ0) is 13.9. The molecule has 0 unspecified atom stereocenters. The van der Waals surface area contributed by atoms with E-state index in [9.17, 15) is 0 Å². The van der Waals surface area contributed by atoms with Gasteiger partial charge in [-0.25, -0.2) is 4.98 Å². The highest BCUT2D eigenvalue weighted by atomic mass is 16.5. The number of hydrogen-bond acceptors (Lipinski definition) is 5. The molecule has 104 valence electrons. The number of fused-ring (bicyclic) bond motifs is 1. The van der Waals surface area contributed by atoms with E-state index in [1.165, 1.54) is 6.33 Å². The van der Waals surface area contributed by atoms with E-state index in [2.05, 4.69) is 15.2 Å². The van der Waals surface area contributed by atoms with Gasteiger partial charge in [0.1, 0.15) is 18.7 Å². The van der Waals surface area contributed by atoms with E-state index in [1.807, 2.05) is 25.2 Å². The molecule has 0 fully saturated rings. The molecule has 3 rings (SSSR count). The lowest BCUT2D eigenvalue weighted by Gasteiger charge is -2.20. The molecule has 0 saturated carbocycles. The van der Waals surface area contributed by atoms with E-state index in [4.69, 9.17) is 9.94 Å². The van der Waals surface area contributed by atoms with Gasteiger partial charge in [0.25, 0.3) is 0 Å². The van der Waals surface area contributed by atoms with Crippen LogP contribution in [0.1, 0.15) is 29.8 Å². The average molecular weight is 272 g/mol. The Hall–Kier alpha value is -2.37. The highest BCUT2D eigenvalue weighted by molar-refractivity contribution is 6.02. The van der Waals surface area contributed by atoms with Crippen LogP contribution >= 0.6 is 0 Å². The van der Waals surface area contributed by atoms with Crippen molar-refractivity contribution in [1.29, 1.82) is 0 Å². The summed E-state index contributed by atoms with van der Waals surface area (Å²) in [5.74, 6) is 1.60. The molecule has 1 aromatic carbocycles. The van der Waals surface area contributed by atoms with Crippen molar-refractivity contribution in [1.82, 2.24) is 14.8 Å². The minimum atomic E-state index is 0.374. The molecule has 0 saturated heterocycles. The Morgan fingerprint density at radius 3 is 3.05 bits per heavy atom. The molecule has 6 heteroatoms. The SMILES string of the molecule is Cn1ncnc1COc1cccc2c1CCCC2=NO. The zero-order valence-electron chi connectivity index (χ0n) is 11.3. The van der Waals surface area contributed by atoms with Crippen molar-refractivity contribution in [3.05, 3.63) is 41.5 Å². The first-order valence-electron chi connectivity index (χ1n) is 6.58. The molecule has 2 aromatic rings. The fourth-order valence-electron chi connectivity index (χ4n) is 2.49. The summed E-state index contributed by atoms with van der Waals surface area (Å²) < 4.78 is 7.55. The first kappa shape index (κ1) is 12.7. The van der Waals surface area contributed by atoms with Crippen molar-refractivity contribution in [3.8, 4) is 5.75 Å². The summed E-state index contributed by atoms with van der Waals surface area (Å²) in [7, 11) is 1.84. The van der Waals surface area contributed by atoms with Gasteiger partial charge < -0.3 is 9.94 Å². The zero-order valence-corrected chi connectivity index (χ0v) is 11.3. The molecule has 0 bridgehead atoms. The van der Waals surface area contributed by atoms with Crippen LogP contribution in [0, 0.1) is 0 Å². The molecule has 6 nitrogen and oxygen atoms in total. The molecular formula is C14H16N4O2. The molecule has 0 aliphatic heterocycles. The maximum absolute atomic E-state index is 9.07. The van der Waals surface area contributed by atoms with E-state index in [1.54, 1.807) is 4.68 Å². The standard InChI is InChI=1S/C14H16N4O2/c1-18-14(15-9-16-18)8-20-13-7-3-4-10-11(13)5-2-6-12(10)17-19/h3-4,7,9,19H,2,5-6,8H2,1H3. The number of rotatable bonds is 3. The second kappa shape index (κ2) is 5.32. The van der Waals surface area contributed by atoms with Crippen molar-refractivity contribution in [2.24, 2.45) is 12.2 Å². The third-order valence-electron chi connectivity index (χ3n) is 3.57. The largest absolute Gasteiger partial charge is 0.485 e. The smallest absolute Gasteiger partial charge is 0.164 e. The van der Waals surface area contributed by atoms with Gasteiger partial charge in [0.05, 0.1) is 5.71 Å². The van der Waals surface area contributed by atoms with E-state index >= 15 is 0 Å². The van der Waals surface area contributed by atoms with Gasteiger partial charge in [-0.1, -0.05) is 17.3 Å². The molecule has 1 heterocycles. The normalized spacial score (nSPS) is 16.1. The van der Waals surface area contributed by atoms with Crippen LogP contribution in [0.25, 0.3) is 0 Å². The van der Waals surface area contributed by atoms with Gasteiger partial charge in [-0.2, -0.15) is 5.10 Å². The third-order valence-corrected chi connectivity index (χ3v) is 3.57. The second-order valence-electron chi connectivity index (χ2n) is 4.77. The minimum Gasteiger partial charge on any atom is -0.485 e. The van der Waals surface area contributed by atoms with Gasteiger partial charge in [-0.15, -0.1) is 0 Å². The Bertz CT molecular complexity index is 648. The van der Waals surface area contributed by atoms with Crippen LogP contribution < -0.4 is 4.74 Å². The predicted octanol–water partition coefficient (Wildman–Crippen LogP) is 1.91. The van der Waals surface area contributed by atoms with Crippen LogP contribution in [-0.4, -0.2) is 25.7 Å². The highest BCUT2D eigenvalue weighted by Crippen LogP contribution is 2.30. The van der Waals surface area contributed by atoms with Gasteiger partial charge in [0.2, 0.25) is 0 Å². The fourth-order valence-corrected chi connectivity index (χ4v) is 2.49. The van der Waals surface area contributed by atoms with Gasteiger partial charge in [0.15, 0.2) is 5.82 Å². The molecule has 0 atom stereocenters. The van der Waals surface area contributed by atoms with Crippen molar-refractivity contribution in [2.45, 2.75) is 25.9 Å². The summed E-state index contributed by atoms with van der Waals surface area (Å²) in [6.07, 6.45) is 4.21. The van der Waals surface area contributed by atoms with Gasteiger partial charge in [-0.05, 0) is 25.3 Å². The fraction of sp³-hybridized carbons (Fsp3) is 0.357. The number of oxime groups is 1. The third kappa shape index (κ3) is 2.24. The van der Waals surface area contributed by atoms with Crippen LogP contribution in [0.15, 0.2) is 29.7 Å². The maximum Gasteiger partial charge on any atom is 0.164 e. The van der Waals surface area contributed by atoms with Crippen LogP contribution in [0.4, 0.5) is 0 Å². The van der Waals surface area contributed by atoms with Crippen molar-refractivity contribution in [2.75, 3.05) is 0 Å². The lowest BCUT2D eigenvalue weighted by Crippen LogP contribution is -2.14. The minimum absolute atomic E-state index is 0.374. The van der Waals surface area contributed by atoms with Crippen LogP contribution in [0.5, 0.6) is 5.75 Å². The topological polar surface area (TPSA) is 72.5 Å². The maximum atomic E-state index is 9.07. The number of benzene rings is 1. The van der Waals surface area contributed by atoms with Crippen LogP contribution in [-0.2, 0) is 20.1 Å². The summed E-state index contributed by atoms with van der Waals surface area (Å²) in [6, 6.07) is 5.83. The van der Waals surface area contributed by atoms with E-state index < -0.39 is 0 Å². The van der Waals surface area contributed by atoms with E-state index in [0.29, 0.717) is 6.61 Å². The second-order valence-corrected chi connectivity index (χ2v) is 4.77. The number of aromatic nitrogens is 3. The molecule has 0 spiro atoms. The van der Waals surface area contributed by atoms with E-state index in [-0.39, 0.29) is 0 Å². The summed E-state index contributed by atoms with van der Waals surface area (Å²) >= 11 is 0. The highest BCUT2D eigenvalue weighted by Gasteiger charge is 2.19. The molecule has 1 aromatic heterocycles.